The summed E-state index contributed by atoms with van der Waals surface area (Å²) in [7, 11) is 0. The molecule has 0 amide bonds. The van der Waals surface area contributed by atoms with Crippen molar-refractivity contribution < 1.29 is 29.4 Å². The zero-order valence-corrected chi connectivity index (χ0v) is 10.0. The third kappa shape index (κ3) is 12.9. The summed E-state index contributed by atoms with van der Waals surface area (Å²) < 4.78 is 0. The number of carbonyl (C=O) groups is 1. The van der Waals surface area contributed by atoms with E-state index in [1.165, 1.54) is 18.9 Å². The van der Waals surface area contributed by atoms with Gasteiger partial charge < -0.3 is 5.11 Å². The topological polar surface area (TPSA) is 37.3 Å². The van der Waals surface area contributed by atoms with Crippen LogP contribution in [0.2, 0.25) is 0 Å². The van der Waals surface area contributed by atoms with Crippen LogP contribution in [-0.2, 0) is 24.3 Å². The minimum Gasteiger partial charge on any atom is -0.478 e. The van der Waals surface area contributed by atoms with Gasteiger partial charge >= 0.3 is 5.97 Å². The Balaban J connectivity index is 0. The van der Waals surface area contributed by atoms with Crippen LogP contribution in [0.25, 0.3) is 0 Å². The second-order valence-electron chi connectivity index (χ2n) is 2.24. The molecule has 0 aliphatic rings. The van der Waals surface area contributed by atoms with Gasteiger partial charge in [-0.25, -0.2) is 4.79 Å². The fourth-order valence-electron chi connectivity index (χ4n) is 0.696. The molecule has 0 aromatic rings. The Morgan fingerprint density at radius 3 is 2.55 bits per heavy atom. The van der Waals surface area contributed by atoms with E-state index in [9.17, 15) is 4.79 Å². The number of rotatable bonds is 5. The van der Waals surface area contributed by atoms with Gasteiger partial charge in [-0.1, -0.05) is 25.8 Å². The molecule has 0 heterocycles. The minimum atomic E-state index is -0.850. The third-order valence-electron chi connectivity index (χ3n) is 1.23. The Hall–Kier alpha value is -0.167. The van der Waals surface area contributed by atoms with E-state index in [-0.39, 0.29) is 19.5 Å². The summed E-state index contributed by atoms with van der Waals surface area (Å²) in [6.07, 6.45) is 7.26. The fraction of sp³-hybridized carbons (Fsp3) is 0.625. The maximum Gasteiger partial charge on any atom is 0.327 e. The van der Waals surface area contributed by atoms with E-state index >= 15 is 0 Å². The Kier molecular flexibility index (Phi) is 12.0. The SMILES string of the molecule is CCCCCC=CC(=O)O.[Zn]. The summed E-state index contributed by atoms with van der Waals surface area (Å²) in [4.78, 5) is 9.95. The van der Waals surface area contributed by atoms with Crippen molar-refractivity contribution in [1.29, 1.82) is 0 Å². The fourth-order valence-corrected chi connectivity index (χ4v) is 0.696. The van der Waals surface area contributed by atoms with Gasteiger partial charge in [0.2, 0.25) is 0 Å². The predicted molar refractivity (Wildman–Crippen MR) is 40.9 cm³/mol. The third-order valence-corrected chi connectivity index (χ3v) is 1.23. The Bertz CT molecular complexity index is 121. The summed E-state index contributed by atoms with van der Waals surface area (Å²) >= 11 is 0. The van der Waals surface area contributed by atoms with Gasteiger partial charge in [0.25, 0.3) is 0 Å². The first-order valence-electron chi connectivity index (χ1n) is 3.67. The van der Waals surface area contributed by atoms with Crippen LogP contribution in [-0.4, -0.2) is 11.1 Å². The number of unbranched alkanes of at least 4 members (excludes halogenated alkanes) is 3. The standard InChI is InChI=1S/C8H14O2.Zn/c1-2-3-4-5-6-7-8(9)10;/h6-7H,2-5H2,1H3,(H,9,10);. The smallest absolute Gasteiger partial charge is 0.327 e. The van der Waals surface area contributed by atoms with Crippen molar-refractivity contribution in [2.75, 3.05) is 0 Å². The van der Waals surface area contributed by atoms with Crippen molar-refractivity contribution in [2.24, 2.45) is 0 Å². The van der Waals surface area contributed by atoms with Crippen LogP contribution in [0.4, 0.5) is 0 Å². The number of allylic oxidation sites excluding steroid dienone is 1. The molecular formula is C8H14O2Zn. The molecule has 0 spiro atoms. The number of aliphatic carboxylic acids is 1. The van der Waals surface area contributed by atoms with Gasteiger partial charge in [-0.05, 0) is 12.8 Å². The van der Waals surface area contributed by atoms with Crippen molar-refractivity contribution in [2.45, 2.75) is 32.6 Å². The Labute approximate surface area is 80.4 Å². The predicted octanol–water partition coefficient (Wildman–Crippen LogP) is 2.20. The molecule has 3 heteroatoms. The molecule has 0 unspecified atom stereocenters. The molecule has 0 atom stereocenters. The van der Waals surface area contributed by atoms with E-state index in [1.807, 2.05) is 0 Å². The molecule has 0 rings (SSSR count). The molecule has 0 aliphatic heterocycles. The average molecular weight is 208 g/mol. The van der Waals surface area contributed by atoms with Crippen LogP contribution >= 0.6 is 0 Å². The van der Waals surface area contributed by atoms with Crippen molar-refractivity contribution in [3.8, 4) is 0 Å². The minimum absolute atomic E-state index is 0. The summed E-state index contributed by atoms with van der Waals surface area (Å²) in [5.74, 6) is -0.850. The van der Waals surface area contributed by atoms with E-state index in [2.05, 4.69) is 6.92 Å². The van der Waals surface area contributed by atoms with Gasteiger partial charge in [0.15, 0.2) is 0 Å². The van der Waals surface area contributed by atoms with Crippen molar-refractivity contribution in [3.05, 3.63) is 12.2 Å². The molecular weight excluding hydrogens is 193 g/mol. The molecule has 0 aromatic carbocycles. The van der Waals surface area contributed by atoms with Crippen molar-refractivity contribution >= 4 is 5.97 Å². The van der Waals surface area contributed by atoms with Gasteiger partial charge in [0.1, 0.15) is 0 Å². The maximum atomic E-state index is 9.95. The van der Waals surface area contributed by atoms with Gasteiger partial charge in [-0.2, -0.15) is 0 Å². The molecule has 0 aromatic heterocycles. The zero-order chi connectivity index (χ0) is 7.82. The summed E-state index contributed by atoms with van der Waals surface area (Å²) in [5, 5.41) is 8.18. The van der Waals surface area contributed by atoms with Crippen LogP contribution in [0.1, 0.15) is 32.6 Å². The Morgan fingerprint density at radius 1 is 1.45 bits per heavy atom. The summed E-state index contributed by atoms with van der Waals surface area (Å²) in [6.45, 7) is 2.13. The van der Waals surface area contributed by atoms with E-state index < -0.39 is 5.97 Å². The largest absolute Gasteiger partial charge is 0.478 e. The molecule has 0 bridgehead atoms. The molecule has 11 heavy (non-hydrogen) atoms. The first-order valence-corrected chi connectivity index (χ1v) is 3.67. The molecule has 1 N–H and O–H groups in total. The van der Waals surface area contributed by atoms with Crippen molar-refractivity contribution in [3.63, 3.8) is 0 Å². The molecule has 2 nitrogen and oxygen atoms in total. The first-order chi connectivity index (χ1) is 4.77. The second kappa shape index (κ2) is 9.83. The van der Waals surface area contributed by atoms with E-state index in [0.29, 0.717) is 0 Å². The molecule has 0 saturated carbocycles. The van der Waals surface area contributed by atoms with Gasteiger partial charge in [0, 0.05) is 25.6 Å². The first kappa shape index (κ1) is 13.4. The van der Waals surface area contributed by atoms with Crippen LogP contribution in [0.15, 0.2) is 12.2 Å². The normalized spacial score (nSPS) is 9.55. The Morgan fingerprint density at radius 2 is 2.09 bits per heavy atom. The van der Waals surface area contributed by atoms with Crippen molar-refractivity contribution in [1.82, 2.24) is 0 Å². The average Bonchev–Trinajstić information content (AvgIpc) is 1.87. The van der Waals surface area contributed by atoms with E-state index in [0.717, 1.165) is 12.8 Å². The van der Waals surface area contributed by atoms with Crippen LogP contribution < -0.4 is 0 Å². The number of carboxylic acids is 1. The summed E-state index contributed by atoms with van der Waals surface area (Å²) in [5.41, 5.74) is 0. The number of hydrogen-bond acceptors (Lipinski definition) is 1. The van der Waals surface area contributed by atoms with E-state index in [1.54, 1.807) is 6.08 Å². The second-order valence-corrected chi connectivity index (χ2v) is 2.24. The maximum absolute atomic E-state index is 9.95. The quantitative estimate of drug-likeness (QED) is 0.426. The van der Waals surface area contributed by atoms with Crippen LogP contribution in [0.3, 0.4) is 0 Å². The van der Waals surface area contributed by atoms with Gasteiger partial charge in [0.05, 0.1) is 0 Å². The van der Waals surface area contributed by atoms with Gasteiger partial charge in [-0.15, -0.1) is 0 Å². The number of hydrogen-bond donors (Lipinski definition) is 1. The molecule has 0 aliphatic carbocycles. The monoisotopic (exact) mass is 206 g/mol. The van der Waals surface area contributed by atoms with Crippen LogP contribution in [0.5, 0.6) is 0 Å². The van der Waals surface area contributed by atoms with Gasteiger partial charge in [-0.3, -0.25) is 0 Å². The summed E-state index contributed by atoms with van der Waals surface area (Å²) in [6, 6.07) is 0. The van der Waals surface area contributed by atoms with Crippen LogP contribution in [0, 0.1) is 0 Å². The zero-order valence-electron chi connectivity index (χ0n) is 7.05. The number of carboxylic acid groups (broad SMARTS) is 1. The molecule has 0 fully saturated rings. The molecule has 60 valence electrons. The molecule has 0 radical (unpaired) electrons. The molecule has 0 saturated heterocycles. The van der Waals surface area contributed by atoms with E-state index in [4.69, 9.17) is 5.11 Å².